The monoisotopic (exact) mass is 286 g/mol. The summed E-state index contributed by atoms with van der Waals surface area (Å²) in [7, 11) is 0. The molecule has 1 rings (SSSR count). The maximum atomic E-state index is 11.9. The molecule has 0 aliphatic heterocycles. The summed E-state index contributed by atoms with van der Waals surface area (Å²) in [5, 5.41) is 6.58. The highest BCUT2D eigenvalue weighted by Crippen LogP contribution is 2.22. The zero-order chi connectivity index (χ0) is 13.5. The van der Waals surface area contributed by atoms with Crippen molar-refractivity contribution in [1.29, 1.82) is 0 Å². The molecule has 2 N–H and O–H groups in total. The molecule has 0 atom stereocenters. The second-order valence-electron chi connectivity index (χ2n) is 4.21. The van der Waals surface area contributed by atoms with Crippen molar-refractivity contribution in [3.8, 4) is 0 Å². The van der Waals surface area contributed by atoms with Gasteiger partial charge in [-0.2, -0.15) is 0 Å². The Morgan fingerprint density at radius 1 is 1.39 bits per heavy atom. The van der Waals surface area contributed by atoms with Gasteiger partial charge in [0.25, 0.3) is 5.91 Å². The van der Waals surface area contributed by atoms with Crippen LogP contribution in [0.15, 0.2) is 23.1 Å². The summed E-state index contributed by atoms with van der Waals surface area (Å²) >= 11 is 7.62. The molecule has 0 bridgehead atoms. The van der Waals surface area contributed by atoms with Gasteiger partial charge in [-0.05, 0) is 24.5 Å². The van der Waals surface area contributed by atoms with Gasteiger partial charge in [-0.25, -0.2) is 0 Å². The number of rotatable bonds is 6. The predicted octanol–water partition coefficient (Wildman–Crippen LogP) is 2.79. The topological polar surface area (TPSA) is 41.1 Å². The van der Waals surface area contributed by atoms with Gasteiger partial charge in [0.1, 0.15) is 0 Å². The molecule has 0 unspecified atom stereocenters. The summed E-state index contributed by atoms with van der Waals surface area (Å²) in [6.45, 7) is 5.49. The summed E-state index contributed by atoms with van der Waals surface area (Å²) in [5.74, 6) is -0.124. The Hall–Kier alpha value is -0.710. The second-order valence-corrected chi connectivity index (χ2v) is 5.50. The quantitative estimate of drug-likeness (QED) is 0.624. The number of nitrogens with one attached hydrogen (secondary N) is 2. The molecule has 18 heavy (non-hydrogen) atoms. The van der Waals surface area contributed by atoms with Gasteiger partial charge in [-0.15, -0.1) is 11.8 Å². The molecule has 1 aromatic carbocycles. The van der Waals surface area contributed by atoms with Crippen LogP contribution in [-0.4, -0.2) is 31.3 Å². The van der Waals surface area contributed by atoms with E-state index in [1.54, 1.807) is 17.8 Å². The minimum absolute atomic E-state index is 0.124. The number of thioether (sulfide) groups is 1. The van der Waals surface area contributed by atoms with Crippen LogP contribution in [0.4, 0.5) is 0 Å². The number of amides is 1. The van der Waals surface area contributed by atoms with E-state index < -0.39 is 0 Å². The van der Waals surface area contributed by atoms with Crippen molar-refractivity contribution < 1.29 is 4.79 Å². The Bertz CT molecular complexity index is 410. The Labute approximate surface area is 118 Å². The van der Waals surface area contributed by atoms with E-state index >= 15 is 0 Å². The summed E-state index contributed by atoms with van der Waals surface area (Å²) in [6.07, 6.45) is 1.97. The first kappa shape index (κ1) is 15.3. The molecule has 0 spiro atoms. The molecule has 3 nitrogen and oxygen atoms in total. The van der Waals surface area contributed by atoms with E-state index in [1.165, 1.54) is 0 Å². The van der Waals surface area contributed by atoms with E-state index in [4.69, 9.17) is 11.6 Å². The smallest absolute Gasteiger partial charge is 0.252 e. The van der Waals surface area contributed by atoms with E-state index in [0.29, 0.717) is 23.2 Å². The van der Waals surface area contributed by atoms with Gasteiger partial charge < -0.3 is 10.6 Å². The fraction of sp³-hybridized carbons (Fsp3) is 0.462. The summed E-state index contributed by atoms with van der Waals surface area (Å²) in [4.78, 5) is 13.0. The highest BCUT2D eigenvalue weighted by molar-refractivity contribution is 7.98. The predicted molar refractivity (Wildman–Crippen MR) is 78.7 cm³/mol. The number of halogens is 1. The highest BCUT2D eigenvalue weighted by Gasteiger charge is 2.10. The number of hydrogen-bond donors (Lipinski definition) is 2. The molecule has 1 amide bonds. The number of hydrogen-bond acceptors (Lipinski definition) is 3. The van der Waals surface area contributed by atoms with Crippen LogP contribution in [0.3, 0.4) is 0 Å². The molecule has 5 heteroatoms. The number of benzene rings is 1. The molecule has 0 heterocycles. The molecule has 0 aliphatic carbocycles. The van der Waals surface area contributed by atoms with Crippen LogP contribution in [0, 0.1) is 0 Å². The van der Waals surface area contributed by atoms with E-state index in [0.717, 1.165) is 11.4 Å². The zero-order valence-corrected chi connectivity index (χ0v) is 12.5. The third kappa shape index (κ3) is 4.88. The molecule has 0 aliphatic rings. The van der Waals surface area contributed by atoms with Crippen molar-refractivity contribution in [2.75, 3.05) is 19.3 Å². The van der Waals surface area contributed by atoms with Crippen molar-refractivity contribution in [3.05, 3.63) is 28.8 Å². The standard InChI is InChI=1S/C13H19ClN2OS/c1-9(2)15-6-7-16-13(17)11-8-10(18-3)4-5-12(11)14/h4-5,8-9,15H,6-7H2,1-3H3,(H,16,17). The largest absolute Gasteiger partial charge is 0.351 e. The maximum absolute atomic E-state index is 11.9. The molecule has 1 aromatic rings. The number of carbonyl (C=O) groups is 1. The van der Waals surface area contributed by atoms with Crippen LogP contribution < -0.4 is 10.6 Å². The average molecular weight is 287 g/mol. The third-order valence-electron chi connectivity index (χ3n) is 2.38. The first-order chi connectivity index (χ1) is 8.54. The zero-order valence-electron chi connectivity index (χ0n) is 10.9. The summed E-state index contributed by atoms with van der Waals surface area (Å²) in [6, 6.07) is 5.90. The molecule has 0 radical (unpaired) electrons. The van der Waals surface area contributed by atoms with Crippen molar-refractivity contribution in [3.63, 3.8) is 0 Å². The first-order valence-corrected chi connectivity index (χ1v) is 7.50. The van der Waals surface area contributed by atoms with Crippen molar-refractivity contribution >= 4 is 29.3 Å². The van der Waals surface area contributed by atoms with Gasteiger partial charge in [0.05, 0.1) is 10.6 Å². The van der Waals surface area contributed by atoms with Crippen LogP contribution in [0.5, 0.6) is 0 Å². The highest BCUT2D eigenvalue weighted by atomic mass is 35.5. The van der Waals surface area contributed by atoms with Crippen LogP contribution in [-0.2, 0) is 0 Å². The van der Waals surface area contributed by atoms with Crippen LogP contribution in [0.1, 0.15) is 24.2 Å². The molecule has 0 fully saturated rings. The van der Waals surface area contributed by atoms with Gasteiger partial charge in [-0.3, -0.25) is 4.79 Å². The minimum Gasteiger partial charge on any atom is -0.351 e. The lowest BCUT2D eigenvalue weighted by Gasteiger charge is -2.10. The Morgan fingerprint density at radius 3 is 2.72 bits per heavy atom. The fourth-order valence-electron chi connectivity index (χ4n) is 1.44. The molecular formula is C13H19ClN2OS. The second kappa shape index (κ2) is 7.67. The minimum atomic E-state index is -0.124. The first-order valence-electron chi connectivity index (χ1n) is 5.89. The molecule has 0 saturated carbocycles. The van der Waals surface area contributed by atoms with Gasteiger partial charge >= 0.3 is 0 Å². The van der Waals surface area contributed by atoms with Gasteiger partial charge in [0, 0.05) is 24.0 Å². The molecule has 0 aromatic heterocycles. The van der Waals surface area contributed by atoms with Gasteiger partial charge in [0.15, 0.2) is 0 Å². The fourth-order valence-corrected chi connectivity index (χ4v) is 2.08. The van der Waals surface area contributed by atoms with Crippen molar-refractivity contribution in [1.82, 2.24) is 10.6 Å². The van der Waals surface area contributed by atoms with Crippen LogP contribution in [0.25, 0.3) is 0 Å². The average Bonchev–Trinajstić information content (AvgIpc) is 2.34. The van der Waals surface area contributed by atoms with Crippen molar-refractivity contribution in [2.45, 2.75) is 24.8 Å². The van der Waals surface area contributed by atoms with E-state index in [-0.39, 0.29) is 5.91 Å². The molecule has 0 saturated heterocycles. The normalized spacial score (nSPS) is 10.7. The number of carbonyl (C=O) groups excluding carboxylic acids is 1. The van der Waals surface area contributed by atoms with Crippen molar-refractivity contribution in [2.24, 2.45) is 0 Å². The summed E-state index contributed by atoms with van der Waals surface area (Å²) in [5.41, 5.74) is 0.535. The lowest BCUT2D eigenvalue weighted by molar-refractivity contribution is 0.0953. The molecular weight excluding hydrogens is 268 g/mol. The maximum Gasteiger partial charge on any atom is 0.252 e. The van der Waals surface area contributed by atoms with Crippen LogP contribution >= 0.6 is 23.4 Å². The van der Waals surface area contributed by atoms with E-state index in [9.17, 15) is 4.79 Å². The van der Waals surface area contributed by atoms with E-state index in [2.05, 4.69) is 24.5 Å². The lowest BCUT2D eigenvalue weighted by atomic mass is 10.2. The van der Waals surface area contributed by atoms with E-state index in [1.807, 2.05) is 18.4 Å². The van der Waals surface area contributed by atoms with Gasteiger partial charge in [0.2, 0.25) is 0 Å². The Kier molecular flexibility index (Phi) is 6.54. The van der Waals surface area contributed by atoms with Crippen LogP contribution in [0.2, 0.25) is 5.02 Å². The van der Waals surface area contributed by atoms with Gasteiger partial charge in [-0.1, -0.05) is 25.4 Å². The third-order valence-corrected chi connectivity index (χ3v) is 3.44. The molecule has 100 valence electrons. The lowest BCUT2D eigenvalue weighted by Crippen LogP contribution is -2.34. The Morgan fingerprint density at radius 2 is 2.11 bits per heavy atom. The Balaban J connectivity index is 2.55. The SMILES string of the molecule is CSc1ccc(Cl)c(C(=O)NCCNC(C)C)c1. The summed E-state index contributed by atoms with van der Waals surface area (Å²) < 4.78 is 0.